The van der Waals surface area contributed by atoms with Crippen molar-refractivity contribution in [3.05, 3.63) is 18.0 Å². The Morgan fingerprint density at radius 3 is 2.71 bits per heavy atom. The monoisotopic (exact) mass is 262 g/mol. The van der Waals surface area contributed by atoms with Crippen LogP contribution in [0.25, 0.3) is 0 Å². The summed E-state index contributed by atoms with van der Waals surface area (Å²) in [4.78, 5) is 23.5. The lowest BCUT2D eigenvalue weighted by molar-refractivity contribution is -0.135. The van der Waals surface area contributed by atoms with Crippen LogP contribution in [0, 0.1) is 0 Å². The molecule has 9 heteroatoms. The van der Waals surface area contributed by atoms with Crippen LogP contribution < -0.4 is 4.72 Å². The summed E-state index contributed by atoms with van der Waals surface area (Å²) in [5, 5.41) is 8.35. The minimum absolute atomic E-state index is 0.0387. The maximum Gasteiger partial charge on any atom is 0.354 e. The van der Waals surface area contributed by atoms with Gasteiger partial charge in [-0.15, -0.1) is 0 Å². The Balaban J connectivity index is 2.89. The molecule has 1 heterocycles. The number of methoxy groups -OCH3 is 1. The van der Waals surface area contributed by atoms with E-state index in [1.165, 1.54) is 0 Å². The van der Waals surface area contributed by atoms with Crippen LogP contribution in [0.2, 0.25) is 0 Å². The SMILES string of the molecule is COC(=O)c1cc(S(=O)(=O)NCC(=O)O)c[nH]1. The summed E-state index contributed by atoms with van der Waals surface area (Å²) in [7, 11) is -2.79. The molecule has 1 aromatic rings. The van der Waals surface area contributed by atoms with Gasteiger partial charge in [-0.3, -0.25) is 4.79 Å². The molecule has 0 aliphatic heterocycles. The average molecular weight is 262 g/mol. The number of sulfonamides is 1. The Morgan fingerprint density at radius 1 is 1.53 bits per heavy atom. The molecule has 0 aromatic carbocycles. The van der Waals surface area contributed by atoms with Crippen molar-refractivity contribution in [2.45, 2.75) is 4.90 Å². The second-order valence-electron chi connectivity index (χ2n) is 2.96. The number of hydrogen-bond acceptors (Lipinski definition) is 5. The van der Waals surface area contributed by atoms with Gasteiger partial charge in [0.15, 0.2) is 0 Å². The number of ether oxygens (including phenoxy) is 1. The van der Waals surface area contributed by atoms with Crippen molar-refractivity contribution < 1.29 is 27.9 Å². The van der Waals surface area contributed by atoms with Crippen molar-refractivity contribution in [3.8, 4) is 0 Å². The standard InChI is InChI=1S/C8H10N2O6S/c1-16-8(13)6-2-5(3-9-6)17(14,15)10-4-7(11)12/h2-3,9-10H,4H2,1H3,(H,11,12). The van der Waals surface area contributed by atoms with E-state index in [1.807, 2.05) is 4.72 Å². The number of rotatable bonds is 5. The van der Waals surface area contributed by atoms with E-state index in [0.717, 1.165) is 19.4 Å². The fourth-order valence-corrected chi connectivity index (χ4v) is 1.96. The molecule has 8 nitrogen and oxygen atoms in total. The van der Waals surface area contributed by atoms with E-state index >= 15 is 0 Å². The Hall–Kier alpha value is -1.87. The predicted molar refractivity (Wildman–Crippen MR) is 55.0 cm³/mol. The van der Waals surface area contributed by atoms with Crippen LogP contribution in [0.4, 0.5) is 0 Å². The average Bonchev–Trinajstić information content (AvgIpc) is 2.75. The molecule has 0 amide bonds. The molecular weight excluding hydrogens is 252 g/mol. The summed E-state index contributed by atoms with van der Waals surface area (Å²) in [6.07, 6.45) is 1.07. The largest absolute Gasteiger partial charge is 0.480 e. The van der Waals surface area contributed by atoms with Crippen molar-refractivity contribution in [3.63, 3.8) is 0 Å². The van der Waals surface area contributed by atoms with Crippen molar-refractivity contribution in [2.24, 2.45) is 0 Å². The number of nitrogens with one attached hydrogen (secondary N) is 2. The lowest BCUT2D eigenvalue weighted by Gasteiger charge is -2.00. The highest BCUT2D eigenvalue weighted by atomic mass is 32.2. The van der Waals surface area contributed by atoms with Crippen molar-refractivity contribution >= 4 is 22.0 Å². The van der Waals surface area contributed by atoms with E-state index in [0.29, 0.717) is 0 Å². The molecule has 0 radical (unpaired) electrons. The van der Waals surface area contributed by atoms with Crippen molar-refractivity contribution in [1.29, 1.82) is 0 Å². The number of H-pyrrole nitrogens is 1. The predicted octanol–water partition coefficient (Wildman–Crippen LogP) is -0.836. The first kappa shape index (κ1) is 13.2. The van der Waals surface area contributed by atoms with Gasteiger partial charge in [-0.2, -0.15) is 4.72 Å². The van der Waals surface area contributed by atoms with E-state index in [1.54, 1.807) is 0 Å². The van der Waals surface area contributed by atoms with Gasteiger partial charge >= 0.3 is 11.9 Å². The number of hydrogen-bond donors (Lipinski definition) is 3. The maximum atomic E-state index is 11.5. The summed E-state index contributed by atoms with van der Waals surface area (Å²) in [5.74, 6) is -2.03. The number of carboxylic acids is 1. The minimum Gasteiger partial charge on any atom is -0.480 e. The summed E-state index contributed by atoms with van der Waals surface area (Å²) in [6.45, 7) is -0.735. The lowest BCUT2D eigenvalue weighted by atomic mass is 10.4. The molecule has 1 rings (SSSR count). The van der Waals surface area contributed by atoms with Gasteiger partial charge in [0.1, 0.15) is 17.1 Å². The number of carbonyl (C=O) groups excluding carboxylic acids is 1. The first-order valence-corrected chi connectivity index (χ1v) is 5.83. The Morgan fingerprint density at radius 2 is 2.18 bits per heavy atom. The summed E-state index contributed by atoms with van der Waals surface area (Å²) in [5.41, 5.74) is -0.0387. The smallest absolute Gasteiger partial charge is 0.354 e. The third kappa shape index (κ3) is 3.29. The topological polar surface area (TPSA) is 126 Å². The molecule has 1 aromatic heterocycles. The molecule has 0 fully saturated rings. The number of aromatic nitrogens is 1. The number of carboxylic acid groups (broad SMARTS) is 1. The Kier molecular flexibility index (Phi) is 3.86. The van der Waals surface area contributed by atoms with Gasteiger partial charge in [-0.1, -0.05) is 0 Å². The molecule has 0 saturated carbocycles. The molecule has 0 atom stereocenters. The van der Waals surface area contributed by atoms with Crippen LogP contribution in [0.15, 0.2) is 17.2 Å². The minimum atomic E-state index is -3.95. The van der Waals surface area contributed by atoms with E-state index in [9.17, 15) is 18.0 Å². The van der Waals surface area contributed by atoms with Crippen molar-refractivity contribution in [1.82, 2.24) is 9.71 Å². The van der Waals surface area contributed by atoms with Gasteiger partial charge in [0.05, 0.1) is 7.11 Å². The number of carbonyl (C=O) groups is 2. The highest BCUT2D eigenvalue weighted by Gasteiger charge is 2.19. The fourth-order valence-electron chi connectivity index (χ4n) is 0.998. The molecule has 0 unspecified atom stereocenters. The zero-order chi connectivity index (χ0) is 13.1. The Bertz CT molecular complexity index is 532. The van der Waals surface area contributed by atoms with Gasteiger partial charge in [0.2, 0.25) is 10.0 Å². The molecule has 0 spiro atoms. The van der Waals surface area contributed by atoms with Gasteiger partial charge in [-0.25, -0.2) is 13.2 Å². The normalized spacial score (nSPS) is 11.1. The van der Waals surface area contributed by atoms with Gasteiger partial charge < -0.3 is 14.8 Å². The second-order valence-corrected chi connectivity index (χ2v) is 4.73. The van der Waals surface area contributed by atoms with E-state index in [-0.39, 0.29) is 10.6 Å². The third-order valence-electron chi connectivity index (χ3n) is 1.79. The van der Waals surface area contributed by atoms with E-state index in [4.69, 9.17) is 5.11 Å². The zero-order valence-corrected chi connectivity index (χ0v) is 9.58. The quantitative estimate of drug-likeness (QED) is 0.594. The molecule has 0 aliphatic carbocycles. The van der Waals surface area contributed by atoms with Gasteiger partial charge in [-0.05, 0) is 6.07 Å². The number of esters is 1. The first-order chi connectivity index (χ1) is 7.86. The Labute approximate surface area is 96.6 Å². The molecule has 17 heavy (non-hydrogen) atoms. The van der Waals surface area contributed by atoms with Crippen LogP contribution in [0.3, 0.4) is 0 Å². The van der Waals surface area contributed by atoms with E-state index < -0.39 is 28.5 Å². The van der Waals surface area contributed by atoms with Gasteiger partial charge in [0.25, 0.3) is 0 Å². The highest BCUT2D eigenvalue weighted by molar-refractivity contribution is 7.89. The summed E-state index contributed by atoms with van der Waals surface area (Å²) in [6, 6.07) is 1.05. The first-order valence-electron chi connectivity index (χ1n) is 4.35. The van der Waals surface area contributed by atoms with Crippen LogP contribution in [-0.4, -0.2) is 44.1 Å². The molecule has 94 valence electrons. The van der Waals surface area contributed by atoms with Crippen LogP contribution in [-0.2, 0) is 19.6 Å². The number of aliphatic carboxylic acids is 1. The summed E-state index contributed by atoms with van der Waals surface area (Å²) < 4.78 is 29.3. The lowest BCUT2D eigenvalue weighted by Crippen LogP contribution is -2.29. The molecule has 0 aliphatic rings. The van der Waals surface area contributed by atoms with Gasteiger partial charge in [0, 0.05) is 6.20 Å². The van der Waals surface area contributed by atoms with E-state index in [2.05, 4.69) is 9.72 Å². The van der Waals surface area contributed by atoms with Crippen LogP contribution in [0.5, 0.6) is 0 Å². The molecule has 3 N–H and O–H groups in total. The molecule has 0 bridgehead atoms. The fraction of sp³-hybridized carbons (Fsp3) is 0.250. The zero-order valence-electron chi connectivity index (χ0n) is 8.76. The summed E-state index contributed by atoms with van der Waals surface area (Å²) >= 11 is 0. The number of aromatic amines is 1. The third-order valence-corrected chi connectivity index (χ3v) is 3.17. The molecule has 0 saturated heterocycles. The highest BCUT2D eigenvalue weighted by Crippen LogP contribution is 2.10. The maximum absolute atomic E-state index is 11.5. The van der Waals surface area contributed by atoms with Crippen LogP contribution in [0.1, 0.15) is 10.5 Å². The molecular formula is C8H10N2O6S. The van der Waals surface area contributed by atoms with Crippen LogP contribution >= 0.6 is 0 Å². The van der Waals surface area contributed by atoms with Crippen molar-refractivity contribution in [2.75, 3.05) is 13.7 Å². The second kappa shape index (κ2) is 4.97.